The van der Waals surface area contributed by atoms with Crippen LogP contribution in [0.15, 0.2) is 13.2 Å². The molecule has 0 radical (unpaired) electrons. The molecule has 0 heterocycles. The van der Waals surface area contributed by atoms with Crippen molar-refractivity contribution in [2.45, 2.75) is 24.4 Å². The second-order valence-electron chi connectivity index (χ2n) is 2.48. The fourth-order valence-electron chi connectivity index (χ4n) is 0.671. The summed E-state index contributed by atoms with van der Waals surface area (Å²) in [7, 11) is 0. The third kappa shape index (κ3) is 5.28. The maximum atomic E-state index is 8.96. The molecule has 86 valence electrons. The minimum Gasteiger partial charge on any atom is -0.394 e. The summed E-state index contributed by atoms with van der Waals surface area (Å²) in [6.45, 7) is 4.55. The molecule has 6 N–H and O–H groups in total. The number of hydrogen-bond acceptors (Lipinski definition) is 6. The van der Waals surface area contributed by atoms with Gasteiger partial charge >= 0.3 is 0 Å². The summed E-state index contributed by atoms with van der Waals surface area (Å²) < 4.78 is 0. The Bertz CT molecular complexity index is 117. The Balaban J connectivity index is 0. The van der Waals surface area contributed by atoms with Crippen molar-refractivity contribution in [2.75, 3.05) is 13.2 Å². The lowest BCUT2D eigenvalue weighted by Gasteiger charge is -2.24. The molecule has 0 rings (SSSR count). The number of aliphatic hydroxyl groups is 6. The highest BCUT2D eigenvalue weighted by molar-refractivity contribution is 4.79. The molecule has 0 amide bonds. The van der Waals surface area contributed by atoms with Crippen LogP contribution in [0, 0.1) is 0 Å². The third-order valence-corrected chi connectivity index (χ3v) is 1.51. The summed E-state index contributed by atoms with van der Waals surface area (Å²) in [6.07, 6.45) is -6.39. The van der Waals surface area contributed by atoms with Gasteiger partial charge in [0.1, 0.15) is 24.4 Å². The van der Waals surface area contributed by atoms with Gasteiger partial charge < -0.3 is 30.6 Å². The maximum Gasteiger partial charge on any atom is 0.111 e. The molecule has 0 aliphatic heterocycles. The molecule has 6 heteroatoms. The fraction of sp³-hybridized carbons (Fsp3) is 0.750. The Labute approximate surface area is 82.4 Å². The van der Waals surface area contributed by atoms with Crippen molar-refractivity contribution < 1.29 is 30.6 Å². The smallest absolute Gasteiger partial charge is 0.111 e. The Morgan fingerprint density at radius 3 is 1.07 bits per heavy atom. The molecule has 0 aliphatic carbocycles. The van der Waals surface area contributed by atoms with Gasteiger partial charge in [0.25, 0.3) is 0 Å². The normalized spacial score (nSPS) is 18.7. The van der Waals surface area contributed by atoms with Gasteiger partial charge in [-0.1, -0.05) is 0 Å². The van der Waals surface area contributed by atoms with E-state index in [2.05, 4.69) is 13.2 Å². The summed E-state index contributed by atoms with van der Waals surface area (Å²) in [4.78, 5) is 0. The van der Waals surface area contributed by atoms with Crippen LogP contribution in [-0.4, -0.2) is 68.3 Å². The molecule has 6 nitrogen and oxygen atoms in total. The molecule has 0 aliphatic rings. The van der Waals surface area contributed by atoms with E-state index in [1.807, 2.05) is 0 Å². The Kier molecular flexibility index (Phi) is 10.3. The highest BCUT2D eigenvalue weighted by Crippen LogP contribution is 2.03. The van der Waals surface area contributed by atoms with Crippen molar-refractivity contribution >= 4 is 0 Å². The first-order valence-electron chi connectivity index (χ1n) is 3.98. The Morgan fingerprint density at radius 2 is 0.929 bits per heavy atom. The molecule has 0 aromatic carbocycles. The van der Waals surface area contributed by atoms with Gasteiger partial charge in [0.05, 0.1) is 13.2 Å². The lowest BCUT2D eigenvalue weighted by molar-refractivity contribution is -0.123. The summed E-state index contributed by atoms with van der Waals surface area (Å²) >= 11 is 0. The molecular formula is C8H18O6. The van der Waals surface area contributed by atoms with Crippen LogP contribution in [0.25, 0.3) is 0 Å². The monoisotopic (exact) mass is 210 g/mol. The van der Waals surface area contributed by atoms with Gasteiger partial charge in [-0.3, -0.25) is 0 Å². The highest BCUT2D eigenvalue weighted by Gasteiger charge is 2.29. The van der Waals surface area contributed by atoms with Gasteiger partial charge in [0.2, 0.25) is 0 Å². The molecule has 0 unspecified atom stereocenters. The second kappa shape index (κ2) is 9.07. The van der Waals surface area contributed by atoms with Crippen molar-refractivity contribution in [3.8, 4) is 0 Å². The minimum atomic E-state index is -1.67. The Morgan fingerprint density at radius 1 is 0.714 bits per heavy atom. The van der Waals surface area contributed by atoms with Gasteiger partial charge in [-0.15, -0.1) is 13.2 Å². The van der Waals surface area contributed by atoms with Crippen molar-refractivity contribution in [3.05, 3.63) is 13.2 Å². The number of rotatable bonds is 5. The number of aliphatic hydroxyl groups excluding tert-OH is 6. The van der Waals surface area contributed by atoms with Crippen molar-refractivity contribution in [3.63, 3.8) is 0 Å². The van der Waals surface area contributed by atoms with E-state index >= 15 is 0 Å². The predicted octanol–water partition coefficient (Wildman–Crippen LogP) is -2.78. The van der Waals surface area contributed by atoms with Gasteiger partial charge in [-0.05, 0) is 0 Å². The lowest BCUT2D eigenvalue weighted by atomic mass is 10.0. The van der Waals surface area contributed by atoms with Crippen molar-refractivity contribution in [2.24, 2.45) is 0 Å². The van der Waals surface area contributed by atoms with Crippen LogP contribution in [0.2, 0.25) is 0 Å². The Hall–Kier alpha value is -0.500. The topological polar surface area (TPSA) is 121 Å². The zero-order chi connectivity index (χ0) is 11.7. The summed E-state index contributed by atoms with van der Waals surface area (Å²) in [5.74, 6) is 0. The van der Waals surface area contributed by atoms with Crippen molar-refractivity contribution in [1.29, 1.82) is 0 Å². The van der Waals surface area contributed by atoms with E-state index in [0.29, 0.717) is 0 Å². The molecular weight excluding hydrogens is 192 g/mol. The molecule has 0 saturated heterocycles. The van der Waals surface area contributed by atoms with E-state index in [1.54, 1.807) is 0 Å². The van der Waals surface area contributed by atoms with E-state index in [4.69, 9.17) is 30.6 Å². The third-order valence-electron chi connectivity index (χ3n) is 1.51. The SMILES string of the molecule is C=C.OC[C@@H](O)[C@@H](O)[C@H](O)[C@@H](O)CO. The zero-order valence-electron chi connectivity index (χ0n) is 7.82. The second-order valence-corrected chi connectivity index (χ2v) is 2.48. The molecule has 4 atom stereocenters. The lowest BCUT2D eigenvalue weighted by Crippen LogP contribution is -2.46. The molecule has 0 aromatic heterocycles. The summed E-state index contributed by atoms with van der Waals surface area (Å²) in [5.41, 5.74) is 0. The van der Waals surface area contributed by atoms with Crippen molar-refractivity contribution in [1.82, 2.24) is 0 Å². The highest BCUT2D eigenvalue weighted by atomic mass is 16.4. The van der Waals surface area contributed by atoms with E-state index < -0.39 is 37.6 Å². The van der Waals surface area contributed by atoms with Crippen LogP contribution < -0.4 is 0 Å². The van der Waals surface area contributed by atoms with Gasteiger partial charge in [0, 0.05) is 0 Å². The first-order chi connectivity index (χ1) is 6.54. The number of hydrogen-bond donors (Lipinski definition) is 6. The molecule has 0 bridgehead atoms. The van der Waals surface area contributed by atoms with Crippen LogP contribution in [-0.2, 0) is 0 Å². The quantitative estimate of drug-likeness (QED) is 0.273. The van der Waals surface area contributed by atoms with Crippen LogP contribution in [0.3, 0.4) is 0 Å². The van der Waals surface area contributed by atoms with E-state index in [1.165, 1.54) is 0 Å². The summed E-state index contributed by atoms with van der Waals surface area (Å²) in [5, 5.41) is 52.2. The maximum absolute atomic E-state index is 8.96. The van der Waals surface area contributed by atoms with Gasteiger partial charge in [0.15, 0.2) is 0 Å². The van der Waals surface area contributed by atoms with Crippen LogP contribution >= 0.6 is 0 Å². The first kappa shape index (κ1) is 15.9. The predicted molar refractivity (Wildman–Crippen MR) is 49.5 cm³/mol. The zero-order valence-corrected chi connectivity index (χ0v) is 7.82. The standard InChI is InChI=1S/C6H14O6.C2H4/c7-1-3(9)5(11)6(12)4(10)2-8;1-2/h3-12H,1-2H2;1-2H2/t3-,4+,5-,6-;/m1./s1. The van der Waals surface area contributed by atoms with Gasteiger partial charge in [-0.2, -0.15) is 0 Å². The molecule has 14 heavy (non-hydrogen) atoms. The molecule has 0 spiro atoms. The van der Waals surface area contributed by atoms with E-state index in [0.717, 1.165) is 0 Å². The van der Waals surface area contributed by atoms with E-state index in [9.17, 15) is 0 Å². The summed E-state index contributed by atoms with van der Waals surface area (Å²) in [6, 6.07) is 0. The van der Waals surface area contributed by atoms with Crippen LogP contribution in [0.5, 0.6) is 0 Å². The average Bonchev–Trinajstić information content (AvgIpc) is 2.27. The molecule has 0 aromatic rings. The minimum absolute atomic E-state index is 0.726. The molecule has 0 fully saturated rings. The first-order valence-corrected chi connectivity index (χ1v) is 3.98. The van der Waals surface area contributed by atoms with Crippen LogP contribution in [0.4, 0.5) is 0 Å². The fourth-order valence-corrected chi connectivity index (χ4v) is 0.671. The van der Waals surface area contributed by atoms with E-state index in [-0.39, 0.29) is 0 Å². The van der Waals surface area contributed by atoms with Gasteiger partial charge in [-0.25, -0.2) is 0 Å². The molecule has 0 saturated carbocycles. The van der Waals surface area contributed by atoms with Crippen LogP contribution in [0.1, 0.15) is 0 Å². The largest absolute Gasteiger partial charge is 0.394 e. The average molecular weight is 210 g/mol.